The Bertz CT molecular complexity index is 448. The summed E-state index contributed by atoms with van der Waals surface area (Å²) in [6, 6.07) is 10.2. The fourth-order valence-electron chi connectivity index (χ4n) is 2.82. The van der Waals surface area contributed by atoms with Crippen LogP contribution in [0.3, 0.4) is 0 Å². The van der Waals surface area contributed by atoms with Gasteiger partial charge in [0, 0.05) is 5.41 Å². The van der Waals surface area contributed by atoms with E-state index in [1.807, 2.05) is 18.2 Å². The van der Waals surface area contributed by atoms with Crippen LogP contribution in [0, 0.1) is 11.3 Å². The standard InChI is InChI=1S/C18H26O2/c1-13(2)11-16-18(4,5)17(14(3)20-16)19-12-15-9-7-6-8-10-15/h6-10,13,16-17H,3,11-12H2,1-2,4-5H3/t16-,17+/m1/s1. The molecule has 0 N–H and O–H groups in total. The fourth-order valence-corrected chi connectivity index (χ4v) is 2.82. The third-order valence-electron chi connectivity index (χ3n) is 4.04. The molecule has 1 aliphatic rings. The molecule has 2 atom stereocenters. The zero-order valence-corrected chi connectivity index (χ0v) is 13.1. The van der Waals surface area contributed by atoms with Crippen molar-refractivity contribution < 1.29 is 9.47 Å². The Kier molecular flexibility index (Phi) is 4.54. The highest BCUT2D eigenvalue weighted by atomic mass is 16.6. The van der Waals surface area contributed by atoms with E-state index in [2.05, 4.69) is 46.4 Å². The lowest BCUT2D eigenvalue weighted by Crippen LogP contribution is -2.35. The van der Waals surface area contributed by atoms with Gasteiger partial charge in [0.05, 0.1) is 6.61 Å². The van der Waals surface area contributed by atoms with Crippen LogP contribution < -0.4 is 0 Å². The van der Waals surface area contributed by atoms with E-state index in [4.69, 9.17) is 9.47 Å². The van der Waals surface area contributed by atoms with Gasteiger partial charge in [-0.3, -0.25) is 0 Å². The molecular formula is C18H26O2. The predicted octanol–water partition coefficient (Wildman–Crippen LogP) is 4.56. The molecule has 2 nitrogen and oxygen atoms in total. The van der Waals surface area contributed by atoms with Crippen molar-refractivity contribution in [2.75, 3.05) is 0 Å². The van der Waals surface area contributed by atoms with Crippen LogP contribution in [-0.2, 0) is 16.1 Å². The Balaban J connectivity index is 2.02. The van der Waals surface area contributed by atoms with Crippen molar-refractivity contribution in [2.24, 2.45) is 11.3 Å². The van der Waals surface area contributed by atoms with Crippen LogP contribution in [0.1, 0.15) is 39.7 Å². The van der Waals surface area contributed by atoms with Gasteiger partial charge in [-0.15, -0.1) is 0 Å². The van der Waals surface area contributed by atoms with Gasteiger partial charge in [-0.25, -0.2) is 0 Å². The van der Waals surface area contributed by atoms with E-state index in [0.29, 0.717) is 12.5 Å². The Labute approximate surface area is 122 Å². The normalized spacial score (nSPS) is 24.9. The minimum absolute atomic E-state index is 0.0316. The molecule has 0 saturated carbocycles. The van der Waals surface area contributed by atoms with E-state index in [9.17, 15) is 0 Å². The van der Waals surface area contributed by atoms with Crippen LogP contribution >= 0.6 is 0 Å². The highest BCUT2D eigenvalue weighted by molar-refractivity contribution is 5.15. The lowest BCUT2D eigenvalue weighted by atomic mass is 9.79. The van der Waals surface area contributed by atoms with E-state index in [-0.39, 0.29) is 17.6 Å². The molecule has 0 aromatic heterocycles. The molecule has 1 fully saturated rings. The maximum atomic E-state index is 6.10. The number of hydrogen-bond donors (Lipinski definition) is 0. The maximum absolute atomic E-state index is 6.10. The first-order valence-corrected chi connectivity index (χ1v) is 7.42. The van der Waals surface area contributed by atoms with Crippen LogP contribution in [0.2, 0.25) is 0 Å². The Morgan fingerprint density at radius 1 is 1.25 bits per heavy atom. The second kappa shape index (κ2) is 6.01. The molecule has 1 aromatic carbocycles. The molecule has 2 rings (SSSR count). The van der Waals surface area contributed by atoms with E-state index in [0.717, 1.165) is 12.2 Å². The Morgan fingerprint density at radius 2 is 1.90 bits per heavy atom. The van der Waals surface area contributed by atoms with Crippen molar-refractivity contribution in [3.05, 3.63) is 48.2 Å². The van der Waals surface area contributed by atoms with Crippen molar-refractivity contribution >= 4 is 0 Å². The molecule has 0 unspecified atom stereocenters. The third-order valence-corrected chi connectivity index (χ3v) is 4.04. The van der Waals surface area contributed by atoms with Crippen molar-refractivity contribution in [3.63, 3.8) is 0 Å². The first-order valence-electron chi connectivity index (χ1n) is 7.42. The smallest absolute Gasteiger partial charge is 0.123 e. The summed E-state index contributed by atoms with van der Waals surface area (Å²) in [4.78, 5) is 0. The maximum Gasteiger partial charge on any atom is 0.123 e. The van der Waals surface area contributed by atoms with Gasteiger partial charge < -0.3 is 9.47 Å². The van der Waals surface area contributed by atoms with Gasteiger partial charge >= 0.3 is 0 Å². The minimum Gasteiger partial charge on any atom is -0.492 e. The van der Waals surface area contributed by atoms with Gasteiger partial charge in [0.25, 0.3) is 0 Å². The van der Waals surface area contributed by atoms with Gasteiger partial charge in [-0.05, 0) is 17.9 Å². The van der Waals surface area contributed by atoms with Gasteiger partial charge in [0.1, 0.15) is 18.0 Å². The van der Waals surface area contributed by atoms with Crippen molar-refractivity contribution in [3.8, 4) is 0 Å². The molecule has 0 radical (unpaired) electrons. The van der Waals surface area contributed by atoms with Crippen molar-refractivity contribution in [1.29, 1.82) is 0 Å². The molecule has 110 valence electrons. The molecule has 0 spiro atoms. The fraction of sp³-hybridized carbons (Fsp3) is 0.556. The van der Waals surface area contributed by atoms with Crippen LogP contribution in [-0.4, -0.2) is 12.2 Å². The van der Waals surface area contributed by atoms with Crippen molar-refractivity contribution in [1.82, 2.24) is 0 Å². The second-order valence-electron chi connectivity index (χ2n) is 6.70. The van der Waals surface area contributed by atoms with E-state index in [1.54, 1.807) is 0 Å². The van der Waals surface area contributed by atoms with Gasteiger partial charge in [0.2, 0.25) is 0 Å². The summed E-state index contributed by atoms with van der Waals surface area (Å²) in [5.41, 5.74) is 1.15. The molecule has 1 aliphatic heterocycles. The molecule has 1 saturated heterocycles. The Hall–Kier alpha value is -1.28. The molecule has 2 heteroatoms. The quantitative estimate of drug-likeness (QED) is 0.784. The number of ether oxygens (including phenoxy) is 2. The molecule has 1 heterocycles. The highest BCUT2D eigenvalue weighted by Crippen LogP contribution is 2.44. The van der Waals surface area contributed by atoms with Gasteiger partial charge in [-0.2, -0.15) is 0 Å². The largest absolute Gasteiger partial charge is 0.492 e. The summed E-state index contributed by atoms with van der Waals surface area (Å²) < 4.78 is 12.1. The second-order valence-corrected chi connectivity index (χ2v) is 6.70. The molecule has 1 aromatic rings. The van der Waals surface area contributed by atoms with E-state index in [1.165, 1.54) is 5.56 Å². The van der Waals surface area contributed by atoms with E-state index >= 15 is 0 Å². The van der Waals surface area contributed by atoms with Gasteiger partial charge in [0.15, 0.2) is 0 Å². The SMILES string of the molecule is C=C1O[C@H](CC(C)C)C(C)(C)[C@H]1OCc1ccccc1. The summed E-state index contributed by atoms with van der Waals surface area (Å²) >= 11 is 0. The summed E-state index contributed by atoms with van der Waals surface area (Å²) in [5.74, 6) is 1.39. The molecule has 0 aliphatic carbocycles. The zero-order chi connectivity index (χ0) is 14.8. The molecule has 20 heavy (non-hydrogen) atoms. The molecular weight excluding hydrogens is 248 g/mol. The van der Waals surface area contributed by atoms with Crippen LogP contribution in [0.5, 0.6) is 0 Å². The number of hydrogen-bond acceptors (Lipinski definition) is 2. The number of benzene rings is 1. The van der Waals surface area contributed by atoms with Crippen molar-refractivity contribution in [2.45, 2.75) is 52.9 Å². The predicted molar refractivity (Wildman–Crippen MR) is 82.3 cm³/mol. The van der Waals surface area contributed by atoms with Crippen LogP contribution in [0.4, 0.5) is 0 Å². The summed E-state index contributed by atoms with van der Waals surface area (Å²) in [5, 5.41) is 0. The lowest BCUT2D eigenvalue weighted by Gasteiger charge is -2.30. The molecule has 0 amide bonds. The number of rotatable bonds is 5. The average Bonchev–Trinajstić information content (AvgIpc) is 2.58. The first-order chi connectivity index (χ1) is 9.41. The highest BCUT2D eigenvalue weighted by Gasteiger charge is 2.48. The monoisotopic (exact) mass is 274 g/mol. The first kappa shape index (κ1) is 15.1. The van der Waals surface area contributed by atoms with Crippen LogP contribution in [0.25, 0.3) is 0 Å². The lowest BCUT2D eigenvalue weighted by molar-refractivity contribution is -0.00944. The third kappa shape index (κ3) is 3.24. The zero-order valence-electron chi connectivity index (χ0n) is 13.1. The topological polar surface area (TPSA) is 18.5 Å². The van der Waals surface area contributed by atoms with E-state index < -0.39 is 0 Å². The minimum atomic E-state index is -0.0357. The van der Waals surface area contributed by atoms with Crippen LogP contribution in [0.15, 0.2) is 42.7 Å². The Morgan fingerprint density at radius 3 is 2.50 bits per heavy atom. The summed E-state index contributed by atoms with van der Waals surface area (Å²) in [6.07, 6.45) is 1.19. The van der Waals surface area contributed by atoms with Gasteiger partial charge in [-0.1, -0.05) is 64.6 Å². The molecule has 0 bridgehead atoms. The summed E-state index contributed by atoms with van der Waals surface area (Å²) in [7, 11) is 0. The average molecular weight is 274 g/mol. The summed E-state index contributed by atoms with van der Waals surface area (Å²) in [6.45, 7) is 13.5.